The fourth-order valence-electron chi connectivity index (χ4n) is 1.95. The molecule has 0 aromatic heterocycles. The quantitative estimate of drug-likeness (QED) is 0.555. The molecule has 0 radical (unpaired) electrons. The molecular weight excluding hydrogens is 190 g/mol. The standard InChI is InChI=1S/C11H21N3O/c1-13-11(12)14-6-4-10(5-7-14)15-8-9-2-3-9/h9-10H,2-8H2,1H3,(H2,12,13). The Morgan fingerprint density at radius 1 is 1.33 bits per heavy atom. The molecule has 4 heteroatoms. The summed E-state index contributed by atoms with van der Waals surface area (Å²) in [5.74, 6) is 1.53. The van der Waals surface area contributed by atoms with E-state index in [9.17, 15) is 0 Å². The Labute approximate surface area is 91.5 Å². The van der Waals surface area contributed by atoms with Crippen LogP contribution < -0.4 is 5.73 Å². The van der Waals surface area contributed by atoms with E-state index in [1.165, 1.54) is 12.8 Å². The van der Waals surface area contributed by atoms with E-state index >= 15 is 0 Å². The lowest BCUT2D eigenvalue weighted by atomic mass is 10.1. The van der Waals surface area contributed by atoms with Crippen molar-refractivity contribution in [3.63, 3.8) is 0 Å². The van der Waals surface area contributed by atoms with E-state index in [0.717, 1.165) is 38.5 Å². The molecule has 2 N–H and O–H groups in total. The first-order valence-corrected chi connectivity index (χ1v) is 5.88. The molecule has 0 bridgehead atoms. The lowest BCUT2D eigenvalue weighted by Gasteiger charge is -2.32. The third-order valence-corrected chi connectivity index (χ3v) is 3.26. The zero-order valence-corrected chi connectivity index (χ0v) is 9.48. The van der Waals surface area contributed by atoms with Crippen molar-refractivity contribution in [1.82, 2.24) is 4.90 Å². The fraction of sp³-hybridized carbons (Fsp3) is 0.909. The van der Waals surface area contributed by atoms with Gasteiger partial charge in [-0.2, -0.15) is 0 Å². The predicted octanol–water partition coefficient (Wildman–Crippen LogP) is 0.822. The average Bonchev–Trinajstić information content (AvgIpc) is 3.10. The Balaban J connectivity index is 1.66. The zero-order valence-electron chi connectivity index (χ0n) is 9.48. The molecule has 0 atom stereocenters. The van der Waals surface area contributed by atoms with Crippen molar-refractivity contribution in [1.29, 1.82) is 0 Å². The minimum absolute atomic E-state index is 0.450. The molecule has 1 heterocycles. The molecule has 2 aliphatic rings. The third kappa shape index (κ3) is 3.09. The summed E-state index contributed by atoms with van der Waals surface area (Å²) < 4.78 is 5.86. The van der Waals surface area contributed by atoms with Crippen LogP contribution in [0.4, 0.5) is 0 Å². The van der Waals surface area contributed by atoms with Gasteiger partial charge >= 0.3 is 0 Å². The van der Waals surface area contributed by atoms with Crippen LogP contribution in [-0.2, 0) is 4.74 Å². The second kappa shape index (κ2) is 4.84. The van der Waals surface area contributed by atoms with E-state index in [2.05, 4.69) is 9.89 Å². The third-order valence-electron chi connectivity index (χ3n) is 3.26. The number of piperidine rings is 1. The van der Waals surface area contributed by atoms with E-state index in [1.54, 1.807) is 7.05 Å². The van der Waals surface area contributed by atoms with Crippen molar-refractivity contribution in [3.05, 3.63) is 0 Å². The number of ether oxygens (including phenoxy) is 1. The second-order valence-electron chi connectivity index (χ2n) is 4.54. The van der Waals surface area contributed by atoms with Gasteiger partial charge in [0.05, 0.1) is 6.10 Å². The Morgan fingerprint density at radius 2 is 2.00 bits per heavy atom. The number of rotatable bonds is 3. The lowest BCUT2D eigenvalue weighted by Crippen LogP contribution is -2.44. The van der Waals surface area contributed by atoms with Crippen molar-refractivity contribution >= 4 is 5.96 Å². The Kier molecular flexibility index (Phi) is 3.46. The van der Waals surface area contributed by atoms with Crippen LogP contribution in [0.1, 0.15) is 25.7 Å². The normalized spacial score (nSPS) is 24.6. The summed E-state index contributed by atoms with van der Waals surface area (Å²) in [6.45, 7) is 2.94. The van der Waals surface area contributed by atoms with Gasteiger partial charge in [-0.1, -0.05) is 0 Å². The van der Waals surface area contributed by atoms with Crippen LogP contribution in [-0.4, -0.2) is 43.7 Å². The van der Waals surface area contributed by atoms with Gasteiger partial charge < -0.3 is 15.4 Å². The van der Waals surface area contributed by atoms with E-state index < -0.39 is 0 Å². The van der Waals surface area contributed by atoms with Crippen molar-refractivity contribution in [2.75, 3.05) is 26.7 Å². The molecule has 1 saturated carbocycles. The zero-order chi connectivity index (χ0) is 10.7. The molecule has 2 rings (SSSR count). The first-order chi connectivity index (χ1) is 7.29. The fourth-order valence-corrected chi connectivity index (χ4v) is 1.95. The van der Waals surface area contributed by atoms with Gasteiger partial charge in [-0.3, -0.25) is 4.99 Å². The number of nitrogens with two attached hydrogens (primary N) is 1. The average molecular weight is 211 g/mol. The topological polar surface area (TPSA) is 50.8 Å². The van der Waals surface area contributed by atoms with E-state index in [1.807, 2.05) is 0 Å². The van der Waals surface area contributed by atoms with Crippen LogP contribution in [0.2, 0.25) is 0 Å². The monoisotopic (exact) mass is 211 g/mol. The van der Waals surface area contributed by atoms with E-state index in [0.29, 0.717) is 12.1 Å². The highest BCUT2D eigenvalue weighted by atomic mass is 16.5. The molecular formula is C11H21N3O. The lowest BCUT2D eigenvalue weighted by molar-refractivity contribution is 0.0134. The molecule has 2 fully saturated rings. The molecule has 0 spiro atoms. The maximum Gasteiger partial charge on any atom is 0.190 e. The first-order valence-electron chi connectivity index (χ1n) is 5.88. The van der Waals surface area contributed by atoms with Crippen LogP contribution in [0.3, 0.4) is 0 Å². The van der Waals surface area contributed by atoms with Crippen molar-refractivity contribution in [3.8, 4) is 0 Å². The Bertz CT molecular complexity index is 230. The molecule has 4 nitrogen and oxygen atoms in total. The van der Waals surface area contributed by atoms with Gasteiger partial charge in [-0.15, -0.1) is 0 Å². The number of aliphatic imine (C=N–C) groups is 1. The minimum atomic E-state index is 0.450. The highest BCUT2D eigenvalue weighted by Gasteiger charge is 2.25. The molecule has 1 saturated heterocycles. The summed E-state index contributed by atoms with van der Waals surface area (Å²) in [7, 11) is 1.74. The largest absolute Gasteiger partial charge is 0.378 e. The first kappa shape index (κ1) is 10.7. The number of hydrogen-bond acceptors (Lipinski definition) is 2. The molecule has 1 aliphatic carbocycles. The van der Waals surface area contributed by atoms with Crippen molar-refractivity contribution < 1.29 is 4.74 Å². The van der Waals surface area contributed by atoms with Crippen LogP contribution in [0.5, 0.6) is 0 Å². The molecule has 0 aromatic carbocycles. The summed E-state index contributed by atoms with van der Waals surface area (Å²) in [4.78, 5) is 6.14. The summed E-state index contributed by atoms with van der Waals surface area (Å²) in [6, 6.07) is 0. The Hall–Kier alpha value is -0.770. The SMILES string of the molecule is CN=C(N)N1CCC(OCC2CC2)CC1. The van der Waals surface area contributed by atoms with E-state index in [4.69, 9.17) is 10.5 Å². The number of guanidine groups is 1. The minimum Gasteiger partial charge on any atom is -0.378 e. The molecule has 0 aromatic rings. The molecule has 86 valence electrons. The van der Waals surface area contributed by atoms with E-state index in [-0.39, 0.29) is 0 Å². The smallest absolute Gasteiger partial charge is 0.190 e. The van der Waals surface area contributed by atoms with Crippen LogP contribution in [0.25, 0.3) is 0 Å². The highest BCUT2D eigenvalue weighted by Crippen LogP contribution is 2.30. The summed E-state index contributed by atoms with van der Waals surface area (Å²) in [5.41, 5.74) is 5.76. The maximum absolute atomic E-state index is 5.86. The maximum atomic E-state index is 5.86. The van der Waals surface area contributed by atoms with Gasteiger partial charge in [0.1, 0.15) is 0 Å². The summed E-state index contributed by atoms with van der Waals surface area (Å²) in [6.07, 6.45) is 5.36. The van der Waals surface area contributed by atoms with Gasteiger partial charge in [0.25, 0.3) is 0 Å². The van der Waals surface area contributed by atoms with Gasteiger partial charge in [-0.25, -0.2) is 0 Å². The van der Waals surface area contributed by atoms with Crippen LogP contribution in [0, 0.1) is 5.92 Å². The second-order valence-corrected chi connectivity index (χ2v) is 4.54. The molecule has 1 aliphatic heterocycles. The van der Waals surface area contributed by atoms with Crippen molar-refractivity contribution in [2.24, 2.45) is 16.6 Å². The molecule has 0 unspecified atom stereocenters. The van der Waals surface area contributed by atoms with Gasteiger partial charge in [0.2, 0.25) is 0 Å². The summed E-state index contributed by atoms with van der Waals surface area (Å²) >= 11 is 0. The van der Waals surface area contributed by atoms with Gasteiger partial charge in [0.15, 0.2) is 5.96 Å². The number of nitrogens with zero attached hydrogens (tertiary/aromatic N) is 2. The van der Waals surface area contributed by atoms with Crippen LogP contribution >= 0.6 is 0 Å². The number of hydrogen-bond donors (Lipinski definition) is 1. The Morgan fingerprint density at radius 3 is 2.53 bits per heavy atom. The number of likely N-dealkylation sites (tertiary alicyclic amines) is 1. The van der Waals surface area contributed by atoms with Gasteiger partial charge in [0, 0.05) is 26.7 Å². The molecule has 0 amide bonds. The summed E-state index contributed by atoms with van der Waals surface area (Å²) in [5, 5.41) is 0. The van der Waals surface area contributed by atoms with Crippen LogP contribution in [0.15, 0.2) is 4.99 Å². The molecule has 15 heavy (non-hydrogen) atoms. The van der Waals surface area contributed by atoms with Gasteiger partial charge in [-0.05, 0) is 31.6 Å². The van der Waals surface area contributed by atoms with Crippen molar-refractivity contribution in [2.45, 2.75) is 31.8 Å². The predicted molar refractivity (Wildman–Crippen MR) is 60.8 cm³/mol. The highest BCUT2D eigenvalue weighted by molar-refractivity contribution is 5.77.